The van der Waals surface area contributed by atoms with E-state index in [0.29, 0.717) is 12.1 Å². The molecule has 1 N–H and O–H groups in total. The van der Waals surface area contributed by atoms with Crippen LogP contribution in [0.15, 0.2) is 0 Å². The molecule has 2 saturated carbocycles. The zero-order chi connectivity index (χ0) is 12.5. The molecule has 0 aromatic carbocycles. The number of hydrogen-bond acceptors (Lipinski definition) is 3. The summed E-state index contributed by atoms with van der Waals surface area (Å²) >= 11 is 5.44. The van der Waals surface area contributed by atoms with Crippen molar-refractivity contribution in [2.75, 3.05) is 11.4 Å². The fourth-order valence-electron chi connectivity index (χ4n) is 3.06. The van der Waals surface area contributed by atoms with Crippen molar-refractivity contribution in [3.8, 4) is 0 Å². The number of aromatic amines is 1. The minimum Gasteiger partial charge on any atom is -0.338 e. The van der Waals surface area contributed by atoms with E-state index in [0.717, 1.165) is 17.3 Å². The van der Waals surface area contributed by atoms with Crippen molar-refractivity contribution in [2.45, 2.75) is 64.0 Å². The quantitative estimate of drug-likeness (QED) is 0.830. The minimum absolute atomic E-state index is 0.573. The van der Waals surface area contributed by atoms with Crippen LogP contribution in [0.2, 0.25) is 0 Å². The number of H-pyrrole nitrogens is 1. The fraction of sp³-hybridized carbons (Fsp3) is 0.846. The normalized spacial score (nSPS) is 20.5. The van der Waals surface area contributed by atoms with Gasteiger partial charge < -0.3 is 4.90 Å². The van der Waals surface area contributed by atoms with Gasteiger partial charge in [0.1, 0.15) is 0 Å². The lowest BCUT2D eigenvalue weighted by Crippen LogP contribution is -2.30. The molecule has 1 aromatic heterocycles. The lowest BCUT2D eigenvalue weighted by Gasteiger charge is -2.25. The smallest absolute Gasteiger partial charge is 0.226 e. The largest absolute Gasteiger partial charge is 0.338 e. The third kappa shape index (κ3) is 2.20. The van der Waals surface area contributed by atoms with Crippen LogP contribution in [-0.2, 0) is 0 Å². The highest BCUT2D eigenvalue weighted by molar-refractivity contribution is 7.71. The molecule has 3 rings (SSSR count). The van der Waals surface area contributed by atoms with Crippen molar-refractivity contribution in [3.05, 3.63) is 4.77 Å². The van der Waals surface area contributed by atoms with Crippen LogP contribution in [0.1, 0.15) is 57.9 Å². The van der Waals surface area contributed by atoms with Crippen LogP contribution in [0.4, 0.5) is 5.95 Å². The fourth-order valence-corrected chi connectivity index (χ4v) is 3.34. The van der Waals surface area contributed by atoms with Gasteiger partial charge in [0.2, 0.25) is 5.95 Å². The molecule has 0 atom stereocenters. The Balaban J connectivity index is 1.92. The lowest BCUT2D eigenvalue weighted by molar-refractivity contribution is 0.504. The minimum atomic E-state index is 0.573. The molecule has 0 unspecified atom stereocenters. The van der Waals surface area contributed by atoms with Gasteiger partial charge in [0.05, 0.1) is 0 Å². The Labute approximate surface area is 113 Å². The standard InChI is InChI=1S/C13H22N4S/c1-2-9-16(10-7-8-10)12-14-15-13(18)17(12)11-5-3-4-6-11/h10-11H,2-9H2,1H3,(H,15,18). The predicted octanol–water partition coefficient (Wildman–Crippen LogP) is 3.43. The molecular formula is C13H22N4S. The Morgan fingerprint density at radius 3 is 2.67 bits per heavy atom. The highest BCUT2D eigenvalue weighted by Crippen LogP contribution is 2.36. The molecule has 2 aliphatic carbocycles. The van der Waals surface area contributed by atoms with Crippen molar-refractivity contribution in [1.82, 2.24) is 14.8 Å². The second kappa shape index (κ2) is 5.03. The second-order valence-corrected chi connectivity index (χ2v) is 5.95. The van der Waals surface area contributed by atoms with E-state index in [1.54, 1.807) is 0 Å². The number of rotatable bonds is 5. The highest BCUT2D eigenvalue weighted by Gasteiger charge is 2.33. The molecule has 0 aliphatic heterocycles. The molecule has 0 bridgehead atoms. The van der Waals surface area contributed by atoms with E-state index < -0.39 is 0 Å². The molecule has 18 heavy (non-hydrogen) atoms. The molecule has 1 aromatic rings. The first-order valence-corrected chi connectivity index (χ1v) is 7.65. The maximum Gasteiger partial charge on any atom is 0.226 e. The molecule has 4 nitrogen and oxygen atoms in total. The Hall–Kier alpha value is -0.840. The second-order valence-electron chi connectivity index (χ2n) is 5.56. The molecule has 5 heteroatoms. The number of nitrogens with zero attached hydrogens (tertiary/aromatic N) is 3. The van der Waals surface area contributed by atoms with Crippen LogP contribution in [0.3, 0.4) is 0 Å². The monoisotopic (exact) mass is 266 g/mol. The summed E-state index contributed by atoms with van der Waals surface area (Å²) in [6, 6.07) is 1.28. The van der Waals surface area contributed by atoms with Gasteiger partial charge in [-0.3, -0.25) is 4.57 Å². The summed E-state index contributed by atoms with van der Waals surface area (Å²) in [6.45, 7) is 3.33. The van der Waals surface area contributed by atoms with Gasteiger partial charge in [-0.05, 0) is 44.3 Å². The molecule has 100 valence electrons. The number of nitrogens with one attached hydrogen (secondary N) is 1. The van der Waals surface area contributed by atoms with E-state index in [1.165, 1.54) is 44.9 Å². The third-order valence-corrected chi connectivity index (χ3v) is 4.37. The van der Waals surface area contributed by atoms with Gasteiger partial charge in [-0.1, -0.05) is 19.8 Å². The first-order valence-electron chi connectivity index (χ1n) is 7.24. The van der Waals surface area contributed by atoms with Crippen LogP contribution in [-0.4, -0.2) is 27.4 Å². The average molecular weight is 266 g/mol. The average Bonchev–Trinajstić information content (AvgIpc) is 2.92. The van der Waals surface area contributed by atoms with Gasteiger partial charge in [-0.15, -0.1) is 5.10 Å². The first kappa shape index (κ1) is 12.2. The van der Waals surface area contributed by atoms with E-state index in [-0.39, 0.29) is 0 Å². The van der Waals surface area contributed by atoms with Crippen molar-refractivity contribution >= 4 is 18.2 Å². The van der Waals surface area contributed by atoms with Crippen molar-refractivity contribution in [2.24, 2.45) is 0 Å². The van der Waals surface area contributed by atoms with Crippen molar-refractivity contribution in [1.29, 1.82) is 0 Å². The Kier molecular flexibility index (Phi) is 3.41. The number of aromatic nitrogens is 3. The molecule has 0 spiro atoms. The van der Waals surface area contributed by atoms with Gasteiger partial charge >= 0.3 is 0 Å². The third-order valence-electron chi connectivity index (χ3n) is 4.08. The van der Waals surface area contributed by atoms with Crippen LogP contribution in [0.25, 0.3) is 0 Å². The summed E-state index contributed by atoms with van der Waals surface area (Å²) in [5, 5.41) is 7.52. The topological polar surface area (TPSA) is 36.9 Å². The Morgan fingerprint density at radius 2 is 2.06 bits per heavy atom. The summed E-state index contributed by atoms with van der Waals surface area (Å²) < 4.78 is 3.09. The van der Waals surface area contributed by atoms with Crippen LogP contribution < -0.4 is 4.90 Å². The zero-order valence-corrected chi connectivity index (χ0v) is 11.9. The van der Waals surface area contributed by atoms with Gasteiger partial charge in [0, 0.05) is 18.6 Å². The predicted molar refractivity (Wildman–Crippen MR) is 75.6 cm³/mol. The van der Waals surface area contributed by atoms with Gasteiger partial charge in [0.15, 0.2) is 4.77 Å². The number of anilines is 1. The van der Waals surface area contributed by atoms with Crippen LogP contribution in [0.5, 0.6) is 0 Å². The molecule has 2 fully saturated rings. The maximum atomic E-state index is 5.44. The molecule has 1 heterocycles. The summed E-state index contributed by atoms with van der Waals surface area (Å²) in [4.78, 5) is 2.46. The summed E-state index contributed by atoms with van der Waals surface area (Å²) in [7, 11) is 0. The van der Waals surface area contributed by atoms with E-state index >= 15 is 0 Å². The summed E-state index contributed by atoms with van der Waals surface area (Å²) in [5.41, 5.74) is 0. The Morgan fingerprint density at radius 1 is 1.33 bits per heavy atom. The van der Waals surface area contributed by atoms with Crippen LogP contribution >= 0.6 is 12.2 Å². The summed E-state index contributed by atoms with van der Waals surface area (Å²) in [5.74, 6) is 1.09. The van der Waals surface area contributed by atoms with E-state index in [9.17, 15) is 0 Å². The van der Waals surface area contributed by atoms with E-state index in [2.05, 4.69) is 26.6 Å². The molecule has 0 saturated heterocycles. The van der Waals surface area contributed by atoms with Crippen molar-refractivity contribution < 1.29 is 0 Å². The van der Waals surface area contributed by atoms with Crippen LogP contribution in [0, 0.1) is 4.77 Å². The summed E-state index contributed by atoms with van der Waals surface area (Å²) in [6.07, 6.45) is 8.95. The molecule has 2 aliphatic rings. The van der Waals surface area contributed by atoms with E-state index in [4.69, 9.17) is 12.2 Å². The highest BCUT2D eigenvalue weighted by atomic mass is 32.1. The van der Waals surface area contributed by atoms with E-state index in [1.807, 2.05) is 0 Å². The van der Waals surface area contributed by atoms with Gasteiger partial charge in [-0.25, -0.2) is 5.10 Å². The van der Waals surface area contributed by atoms with Gasteiger partial charge in [0.25, 0.3) is 0 Å². The van der Waals surface area contributed by atoms with Crippen molar-refractivity contribution in [3.63, 3.8) is 0 Å². The SMILES string of the molecule is CCCN(c1n[nH]c(=S)n1C1CCCC1)C1CC1. The number of hydrogen-bond donors (Lipinski definition) is 1. The Bertz CT molecular complexity index is 454. The molecule has 0 radical (unpaired) electrons. The maximum absolute atomic E-state index is 5.44. The molecular weight excluding hydrogens is 244 g/mol. The van der Waals surface area contributed by atoms with Gasteiger partial charge in [-0.2, -0.15) is 0 Å². The lowest BCUT2D eigenvalue weighted by atomic mass is 10.2. The molecule has 0 amide bonds. The first-order chi connectivity index (χ1) is 8.81. The zero-order valence-electron chi connectivity index (χ0n) is 11.1.